The number of hydrogen-bond acceptors (Lipinski definition) is 13. The second kappa shape index (κ2) is 20.4. The zero-order chi connectivity index (χ0) is 42.4. The zero-order valence-corrected chi connectivity index (χ0v) is 32.2. The number of ether oxygens (including phenoxy) is 1. The molecular weight excluding hydrogens is 828 g/mol. The van der Waals surface area contributed by atoms with Crippen LogP contribution in [0.25, 0.3) is 11.3 Å². The number of benzene rings is 2. The van der Waals surface area contributed by atoms with Crippen LogP contribution in [0, 0.1) is 20.8 Å². The predicted molar refractivity (Wildman–Crippen MR) is 210 cm³/mol. The maximum Gasteiger partial charge on any atom is 0.573 e. The summed E-state index contributed by atoms with van der Waals surface area (Å²) < 4.78 is 39.7. The number of nitrogens with zero attached hydrogens (tertiary/aromatic N) is 6. The Labute approximate surface area is 337 Å². The van der Waals surface area contributed by atoms with Gasteiger partial charge in [0.05, 0.1) is 41.6 Å². The minimum atomic E-state index is -4.87. The zero-order valence-electron chi connectivity index (χ0n) is 30.6. The number of carbonyl (C=O) groups excluding carboxylic acids is 4. The van der Waals surface area contributed by atoms with Gasteiger partial charge in [0.2, 0.25) is 0 Å². The Bertz CT molecular complexity index is 2390. The Morgan fingerprint density at radius 3 is 1.74 bits per heavy atom. The lowest BCUT2D eigenvalue weighted by atomic mass is 9.77. The summed E-state index contributed by atoms with van der Waals surface area (Å²) in [5, 5.41) is 23.0. The lowest BCUT2D eigenvalue weighted by molar-refractivity contribution is -0.274. The van der Waals surface area contributed by atoms with E-state index in [1.165, 1.54) is 37.2 Å². The first-order valence-corrected chi connectivity index (χ1v) is 17.4. The Morgan fingerprint density at radius 2 is 1.28 bits per heavy atom. The lowest BCUT2D eigenvalue weighted by Gasteiger charge is -2.11. The molecule has 2 amide bonds. The Hall–Kier alpha value is -6.77. The molecule has 0 radical (unpaired) electrons. The molecule has 6 rings (SSSR count). The van der Waals surface area contributed by atoms with Gasteiger partial charge in [-0.3, -0.25) is 34.1 Å². The largest absolute Gasteiger partial charge is 0.573 e. The molecule has 0 saturated heterocycles. The Kier molecular flexibility index (Phi) is 15.5. The van der Waals surface area contributed by atoms with Crippen molar-refractivity contribution in [3.8, 4) is 17.0 Å². The van der Waals surface area contributed by atoms with Gasteiger partial charge < -0.3 is 25.4 Å². The highest BCUT2D eigenvalue weighted by atomic mass is 79.9. The molecule has 0 bridgehead atoms. The average Bonchev–Trinajstić information content (AvgIpc) is 3.19. The van der Waals surface area contributed by atoms with Gasteiger partial charge in [0, 0.05) is 41.5 Å². The summed E-state index contributed by atoms with van der Waals surface area (Å²) in [6, 6.07) is 11.7. The third-order valence-electron chi connectivity index (χ3n) is 7.63. The summed E-state index contributed by atoms with van der Waals surface area (Å²) in [5.41, 5.74) is 5.07. The highest BCUT2D eigenvalue weighted by Crippen LogP contribution is 2.23. The van der Waals surface area contributed by atoms with Crippen LogP contribution in [-0.4, -0.2) is 77.8 Å². The van der Waals surface area contributed by atoms with Crippen LogP contribution in [0.15, 0.2) is 103 Å². The summed E-state index contributed by atoms with van der Waals surface area (Å²) in [4.78, 5) is 70.2. The summed E-state index contributed by atoms with van der Waals surface area (Å²) in [6.45, 7) is 5.63. The van der Waals surface area contributed by atoms with Crippen molar-refractivity contribution in [2.75, 3.05) is 10.6 Å². The van der Waals surface area contributed by atoms with E-state index in [1.54, 1.807) is 30.6 Å². The van der Waals surface area contributed by atoms with Crippen molar-refractivity contribution in [3.05, 3.63) is 142 Å². The van der Waals surface area contributed by atoms with Gasteiger partial charge in [0.1, 0.15) is 16.6 Å². The van der Waals surface area contributed by atoms with Crippen LogP contribution in [0.1, 0.15) is 58.1 Å². The molecule has 296 valence electrons. The molecule has 15 nitrogen and oxygen atoms in total. The molecule has 20 heteroatoms. The number of rotatable bonds is 9. The fourth-order valence-corrected chi connectivity index (χ4v) is 4.96. The molecule has 0 saturated carbocycles. The van der Waals surface area contributed by atoms with E-state index in [4.69, 9.17) is 10.0 Å². The minimum Gasteiger partial charge on any atom is -0.423 e. The number of aldehydes is 2. The van der Waals surface area contributed by atoms with Crippen molar-refractivity contribution < 1.29 is 47.1 Å². The van der Waals surface area contributed by atoms with E-state index in [0.29, 0.717) is 50.5 Å². The normalized spacial score (nSPS) is 10.4. The first kappa shape index (κ1) is 44.0. The number of amides is 2. The van der Waals surface area contributed by atoms with Gasteiger partial charge in [-0.25, -0.2) is 15.0 Å². The highest BCUT2D eigenvalue weighted by molar-refractivity contribution is 9.10. The quantitative estimate of drug-likeness (QED) is 0.105. The summed E-state index contributed by atoms with van der Waals surface area (Å²) in [6.07, 6.45) is 8.53. The molecule has 0 aliphatic carbocycles. The molecular formula is C38H31BBrF3N8O7. The van der Waals surface area contributed by atoms with E-state index in [2.05, 4.69) is 61.2 Å². The fraction of sp³-hybridized carbons (Fsp3) is 0.105. The van der Waals surface area contributed by atoms with Gasteiger partial charge in [-0.1, -0.05) is 17.7 Å². The van der Waals surface area contributed by atoms with Gasteiger partial charge in [-0.2, -0.15) is 0 Å². The molecule has 2 aromatic carbocycles. The number of hydrogen-bond donors (Lipinski definition) is 4. The number of pyridine rings is 2. The maximum atomic E-state index is 12.3. The minimum absolute atomic E-state index is 0.121. The van der Waals surface area contributed by atoms with Crippen LogP contribution < -0.4 is 20.8 Å². The Morgan fingerprint density at radius 1 is 0.724 bits per heavy atom. The monoisotopic (exact) mass is 858 g/mol. The summed E-state index contributed by atoms with van der Waals surface area (Å²) >= 11 is 3.17. The van der Waals surface area contributed by atoms with Crippen LogP contribution in [-0.2, 0) is 0 Å². The van der Waals surface area contributed by atoms with Gasteiger partial charge >= 0.3 is 13.5 Å². The number of nitrogens with one attached hydrogen (secondary N) is 2. The number of carbonyl (C=O) groups is 4. The smallest absolute Gasteiger partial charge is 0.423 e. The van der Waals surface area contributed by atoms with E-state index in [1.807, 2.05) is 32.9 Å². The van der Waals surface area contributed by atoms with Gasteiger partial charge in [0.15, 0.2) is 17.9 Å². The number of aryl methyl sites for hydroxylation is 3. The average molecular weight is 859 g/mol. The third kappa shape index (κ3) is 12.9. The van der Waals surface area contributed by atoms with E-state index >= 15 is 0 Å². The standard InChI is InChI=1S/C19H16N4O2.C11H9BrN4O.C8H6BF3O4/c1-12-3-4-14(11-24)15(7-12)17-9-22-18(10-21-17)23-19(25)16-8-20-6-5-13(16)2;1-7-2-3-13-4-8(7)11(17)16-10-6-14-9(12)5-15-10;10-8(11,12)16-6-2-1-5(4-13)7(3-6)9(14)15/h3-11H,1-2H3,(H,22,23,25);2-6H,1H3,(H,15,16,17);1-4,14-15H. The number of alkyl halides is 3. The first-order chi connectivity index (χ1) is 27.6. The van der Waals surface area contributed by atoms with Crippen molar-refractivity contribution in [3.63, 3.8) is 0 Å². The summed E-state index contributed by atoms with van der Waals surface area (Å²) in [5.74, 6) is -0.427. The molecule has 6 aromatic rings. The van der Waals surface area contributed by atoms with Gasteiger partial charge in [-0.15, -0.1) is 13.2 Å². The molecule has 4 heterocycles. The second-order valence-electron chi connectivity index (χ2n) is 11.8. The molecule has 58 heavy (non-hydrogen) atoms. The van der Waals surface area contributed by atoms with E-state index < -0.39 is 19.2 Å². The Balaban J connectivity index is 0.000000200. The van der Waals surface area contributed by atoms with Gasteiger partial charge in [0.25, 0.3) is 11.8 Å². The van der Waals surface area contributed by atoms with Crippen molar-refractivity contribution in [2.24, 2.45) is 0 Å². The first-order valence-electron chi connectivity index (χ1n) is 16.6. The molecule has 0 aliphatic heterocycles. The molecule has 0 fully saturated rings. The van der Waals surface area contributed by atoms with Crippen LogP contribution in [0.3, 0.4) is 0 Å². The second-order valence-corrected chi connectivity index (χ2v) is 12.7. The summed E-state index contributed by atoms with van der Waals surface area (Å²) in [7, 11) is -2.04. The molecule has 4 aromatic heterocycles. The van der Waals surface area contributed by atoms with Crippen molar-refractivity contribution >= 4 is 64.5 Å². The van der Waals surface area contributed by atoms with Crippen molar-refractivity contribution in [2.45, 2.75) is 27.1 Å². The highest BCUT2D eigenvalue weighted by Gasteiger charge is 2.31. The molecule has 0 atom stereocenters. The number of anilines is 2. The molecule has 4 N–H and O–H groups in total. The maximum absolute atomic E-state index is 12.3. The van der Waals surface area contributed by atoms with Gasteiger partial charge in [-0.05, 0) is 89.7 Å². The molecule has 0 spiro atoms. The van der Waals surface area contributed by atoms with Crippen LogP contribution >= 0.6 is 15.9 Å². The van der Waals surface area contributed by atoms with Crippen molar-refractivity contribution in [1.82, 2.24) is 29.9 Å². The predicted octanol–water partition coefficient (Wildman–Crippen LogP) is 5.49. The van der Waals surface area contributed by atoms with Crippen LogP contribution in [0.4, 0.5) is 24.8 Å². The topological polar surface area (TPSA) is 219 Å². The van der Waals surface area contributed by atoms with E-state index in [0.717, 1.165) is 41.2 Å². The van der Waals surface area contributed by atoms with Crippen molar-refractivity contribution in [1.29, 1.82) is 0 Å². The molecule has 0 unspecified atom stereocenters. The number of halogens is 4. The molecule has 0 aliphatic rings. The van der Waals surface area contributed by atoms with E-state index in [-0.39, 0.29) is 22.8 Å². The lowest BCUT2D eigenvalue weighted by Crippen LogP contribution is -2.33. The fourth-order valence-electron chi connectivity index (χ4n) is 4.75. The van der Waals surface area contributed by atoms with E-state index in [9.17, 15) is 32.3 Å². The third-order valence-corrected chi connectivity index (χ3v) is 8.04. The van der Waals surface area contributed by atoms with Crippen LogP contribution in [0.5, 0.6) is 5.75 Å². The number of aromatic nitrogens is 6. The van der Waals surface area contributed by atoms with Crippen LogP contribution in [0.2, 0.25) is 0 Å². The SMILES string of the molecule is Cc1ccc(C=O)c(-c2cnc(NC(=O)c3cnccc3C)cn2)c1.Cc1ccncc1C(=O)Nc1cnc(Br)cn1.O=Cc1ccc(OC(F)(F)F)cc1B(O)O.